The van der Waals surface area contributed by atoms with Gasteiger partial charge in [-0.15, -0.1) is 0 Å². The number of hydrogen-bond donors (Lipinski definition) is 0. The number of imide groups is 1. The minimum atomic E-state index is -0.0525. The highest BCUT2D eigenvalue weighted by atomic mass is 16.5. The van der Waals surface area contributed by atoms with E-state index in [4.69, 9.17) is 4.74 Å². The molecule has 3 fully saturated rings. The maximum Gasteiger partial charge on any atom is 0.237 e. The number of ether oxygens (including phenoxy) is 1. The van der Waals surface area contributed by atoms with Crippen LogP contribution in [0.5, 0.6) is 5.75 Å². The number of nitrogens with zero attached hydrogens (tertiary/aromatic N) is 1. The van der Waals surface area contributed by atoms with Crippen molar-refractivity contribution in [2.45, 2.75) is 19.3 Å². The van der Waals surface area contributed by atoms with Crippen molar-refractivity contribution < 1.29 is 14.3 Å². The number of amides is 2. The molecule has 4 atom stereocenters. The van der Waals surface area contributed by atoms with Gasteiger partial charge in [0, 0.05) is 0 Å². The van der Waals surface area contributed by atoms with Crippen LogP contribution in [0.1, 0.15) is 19.3 Å². The van der Waals surface area contributed by atoms with E-state index in [-0.39, 0.29) is 23.7 Å². The molecule has 1 aliphatic heterocycles. The predicted molar refractivity (Wildman–Crippen MR) is 73.3 cm³/mol. The first-order valence-corrected chi connectivity index (χ1v) is 7.22. The second-order valence-corrected chi connectivity index (χ2v) is 6.09. The molecule has 2 bridgehead atoms. The molecule has 0 unspecified atom stereocenters. The Morgan fingerprint density at radius 2 is 1.55 bits per heavy atom. The summed E-state index contributed by atoms with van der Waals surface area (Å²) >= 11 is 0. The van der Waals surface area contributed by atoms with E-state index in [1.807, 2.05) is 0 Å². The lowest BCUT2D eigenvalue weighted by molar-refractivity contribution is -0.123. The van der Waals surface area contributed by atoms with E-state index < -0.39 is 0 Å². The number of rotatable bonds is 2. The van der Waals surface area contributed by atoms with Crippen LogP contribution in [0.3, 0.4) is 0 Å². The molecule has 1 saturated heterocycles. The van der Waals surface area contributed by atoms with Gasteiger partial charge in [0.1, 0.15) is 5.75 Å². The van der Waals surface area contributed by atoms with Gasteiger partial charge < -0.3 is 4.74 Å². The number of carbonyl (C=O) groups excluding carboxylic acids is 2. The van der Waals surface area contributed by atoms with Crippen molar-refractivity contribution >= 4 is 17.5 Å². The van der Waals surface area contributed by atoms with Crippen LogP contribution in [0, 0.1) is 23.7 Å². The molecule has 2 saturated carbocycles. The highest BCUT2D eigenvalue weighted by Gasteiger charge is 2.61. The Labute approximate surface area is 117 Å². The van der Waals surface area contributed by atoms with Gasteiger partial charge in [-0.1, -0.05) is 0 Å². The van der Waals surface area contributed by atoms with Gasteiger partial charge in [-0.3, -0.25) is 14.5 Å². The van der Waals surface area contributed by atoms with E-state index in [0.29, 0.717) is 17.5 Å². The third-order valence-corrected chi connectivity index (χ3v) is 5.26. The smallest absolute Gasteiger partial charge is 0.237 e. The summed E-state index contributed by atoms with van der Waals surface area (Å²) in [6, 6.07) is 7.16. The van der Waals surface area contributed by atoms with Crippen molar-refractivity contribution in [3.05, 3.63) is 24.3 Å². The number of carbonyl (C=O) groups is 2. The van der Waals surface area contributed by atoms with Crippen molar-refractivity contribution in [1.82, 2.24) is 0 Å². The summed E-state index contributed by atoms with van der Waals surface area (Å²) in [5.74, 6) is 1.52. The maximum atomic E-state index is 12.6. The van der Waals surface area contributed by atoms with E-state index in [1.54, 1.807) is 31.4 Å². The van der Waals surface area contributed by atoms with Crippen LogP contribution in [0.15, 0.2) is 24.3 Å². The second kappa shape index (κ2) is 4.08. The maximum absolute atomic E-state index is 12.6. The number of fused-ring (bicyclic) bond motifs is 5. The lowest BCUT2D eigenvalue weighted by Gasteiger charge is -2.19. The highest BCUT2D eigenvalue weighted by molar-refractivity contribution is 6.22. The minimum absolute atomic E-state index is 0.0115. The fraction of sp³-hybridized carbons (Fsp3) is 0.500. The normalized spacial score (nSPS) is 34.8. The van der Waals surface area contributed by atoms with E-state index in [9.17, 15) is 9.59 Å². The predicted octanol–water partition coefficient (Wildman–Crippen LogP) is 2.23. The Kier molecular flexibility index (Phi) is 2.43. The largest absolute Gasteiger partial charge is 0.497 e. The van der Waals surface area contributed by atoms with Crippen LogP contribution in [0.4, 0.5) is 5.69 Å². The lowest BCUT2D eigenvalue weighted by atomic mass is 9.81. The SMILES string of the molecule is COc1ccc(N2C(=O)[C@@H]3[C@H]4CC[C@@H](C4)[C@@H]3C2=O)cc1. The van der Waals surface area contributed by atoms with Crippen LogP contribution in [-0.4, -0.2) is 18.9 Å². The molecule has 4 rings (SSSR count). The second-order valence-electron chi connectivity index (χ2n) is 6.09. The van der Waals surface area contributed by atoms with Crippen molar-refractivity contribution in [2.75, 3.05) is 12.0 Å². The van der Waals surface area contributed by atoms with Crippen LogP contribution in [-0.2, 0) is 9.59 Å². The van der Waals surface area contributed by atoms with E-state index in [0.717, 1.165) is 25.0 Å². The lowest BCUT2D eigenvalue weighted by Crippen LogP contribution is -2.32. The van der Waals surface area contributed by atoms with Gasteiger partial charge in [0.15, 0.2) is 0 Å². The topological polar surface area (TPSA) is 46.6 Å². The molecule has 4 heteroatoms. The van der Waals surface area contributed by atoms with Crippen LogP contribution >= 0.6 is 0 Å². The molecule has 1 heterocycles. The van der Waals surface area contributed by atoms with Crippen LogP contribution in [0.2, 0.25) is 0 Å². The third-order valence-electron chi connectivity index (χ3n) is 5.26. The van der Waals surface area contributed by atoms with Gasteiger partial charge in [-0.2, -0.15) is 0 Å². The Hall–Kier alpha value is -1.84. The minimum Gasteiger partial charge on any atom is -0.497 e. The van der Waals surface area contributed by atoms with E-state index in [2.05, 4.69) is 0 Å². The Balaban J connectivity index is 1.69. The Morgan fingerprint density at radius 1 is 1.00 bits per heavy atom. The molecule has 4 nitrogen and oxygen atoms in total. The monoisotopic (exact) mass is 271 g/mol. The summed E-state index contributed by atoms with van der Waals surface area (Å²) in [6.45, 7) is 0. The number of benzene rings is 1. The molecule has 0 N–H and O–H groups in total. The number of methoxy groups -OCH3 is 1. The summed E-state index contributed by atoms with van der Waals surface area (Å²) < 4.78 is 5.12. The van der Waals surface area contributed by atoms with Crippen molar-refractivity contribution in [3.63, 3.8) is 0 Å². The average molecular weight is 271 g/mol. The van der Waals surface area contributed by atoms with Crippen LogP contribution < -0.4 is 9.64 Å². The molecular weight excluding hydrogens is 254 g/mol. The molecule has 2 amide bonds. The fourth-order valence-corrected chi connectivity index (χ4v) is 4.39. The summed E-state index contributed by atoms with van der Waals surface area (Å²) in [5, 5.41) is 0. The molecular formula is C16H17NO3. The van der Waals surface area contributed by atoms with Crippen molar-refractivity contribution in [2.24, 2.45) is 23.7 Å². The van der Waals surface area contributed by atoms with Gasteiger partial charge in [0.05, 0.1) is 24.6 Å². The van der Waals surface area contributed by atoms with Gasteiger partial charge in [0.25, 0.3) is 0 Å². The van der Waals surface area contributed by atoms with Gasteiger partial charge >= 0.3 is 0 Å². The standard InChI is InChI=1S/C16H17NO3/c1-20-12-6-4-11(5-7-12)17-15(18)13-9-2-3-10(8-9)14(13)16(17)19/h4-7,9-10,13-14H,2-3,8H2,1H3/t9-,10-,13-,14+/m0/s1. The number of anilines is 1. The molecule has 20 heavy (non-hydrogen) atoms. The molecule has 2 aliphatic carbocycles. The summed E-state index contributed by atoms with van der Waals surface area (Å²) in [4.78, 5) is 26.6. The molecule has 104 valence electrons. The first-order valence-electron chi connectivity index (χ1n) is 7.22. The summed E-state index contributed by atoms with van der Waals surface area (Å²) in [6.07, 6.45) is 3.30. The Morgan fingerprint density at radius 3 is 2.05 bits per heavy atom. The summed E-state index contributed by atoms with van der Waals surface area (Å²) in [7, 11) is 1.60. The highest BCUT2D eigenvalue weighted by Crippen LogP contribution is 2.56. The molecule has 3 aliphatic rings. The molecule has 0 spiro atoms. The zero-order valence-corrected chi connectivity index (χ0v) is 11.4. The third kappa shape index (κ3) is 1.42. The first-order chi connectivity index (χ1) is 9.70. The molecule has 0 aromatic heterocycles. The summed E-state index contributed by atoms with van der Waals surface area (Å²) in [5.41, 5.74) is 0.676. The molecule has 1 aromatic carbocycles. The van der Waals surface area contributed by atoms with Gasteiger partial charge in [-0.05, 0) is 55.4 Å². The first kappa shape index (κ1) is 11.9. The fourth-order valence-electron chi connectivity index (χ4n) is 4.39. The van der Waals surface area contributed by atoms with Crippen molar-refractivity contribution in [1.29, 1.82) is 0 Å². The molecule has 0 radical (unpaired) electrons. The van der Waals surface area contributed by atoms with Crippen molar-refractivity contribution in [3.8, 4) is 5.75 Å². The average Bonchev–Trinajstić information content (AvgIpc) is 3.14. The zero-order valence-electron chi connectivity index (χ0n) is 11.4. The Bertz CT molecular complexity index is 552. The van der Waals surface area contributed by atoms with Gasteiger partial charge in [-0.25, -0.2) is 0 Å². The van der Waals surface area contributed by atoms with E-state index in [1.165, 1.54) is 4.90 Å². The quantitative estimate of drug-likeness (QED) is 0.775. The molecule has 1 aromatic rings. The van der Waals surface area contributed by atoms with Crippen LogP contribution in [0.25, 0.3) is 0 Å². The zero-order chi connectivity index (χ0) is 13.9. The van der Waals surface area contributed by atoms with Gasteiger partial charge in [0.2, 0.25) is 11.8 Å². The number of hydrogen-bond acceptors (Lipinski definition) is 3. The van der Waals surface area contributed by atoms with E-state index >= 15 is 0 Å².